The minimum absolute atomic E-state index is 0.0570. The molecule has 0 bridgehead atoms. The zero-order chi connectivity index (χ0) is 10.8. The molecular weight excluding hydrogens is 190 g/mol. The summed E-state index contributed by atoms with van der Waals surface area (Å²) in [4.78, 5) is 4.36. The normalized spacial score (nSPS) is 13.8. The molecule has 0 aliphatic heterocycles. The third kappa shape index (κ3) is 3.26. The van der Waals surface area contributed by atoms with Crippen molar-refractivity contribution in [3.63, 3.8) is 0 Å². The smallest absolute Gasteiger partial charge is 0.102 e. The van der Waals surface area contributed by atoms with Crippen LogP contribution in [0.25, 0.3) is 0 Å². The van der Waals surface area contributed by atoms with Gasteiger partial charge in [-0.15, -0.1) is 11.3 Å². The van der Waals surface area contributed by atoms with Crippen LogP contribution in [0.15, 0.2) is 23.7 Å². The van der Waals surface area contributed by atoms with Crippen LogP contribution in [0.5, 0.6) is 0 Å². The highest BCUT2D eigenvalue weighted by molar-refractivity contribution is 7.09. The van der Waals surface area contributed by atoms with Gasteiger partial charge in [-0.25, -0.2) is 4.98 Å². The van der Waals surface area contributed by atoms with Gasteiger partial charge >= 0.3 is 0 Å². The highest BCUT2D eigenvalue weighted by Crippen LogP contribution is 2.28. The number of hydrogen-bond donors (Lipinski definition) is 0. The van der Waals surface area contributed by atoms with E-state index in [1.807, 2.05) is 11.6 Å². The van der Waals surface area contributed by atoms with E-state index in [9.17, 15) is 0 Å². The Morgan fingerprint density at radius 1 is 1.14 bits per heavy atom. The van der Waals surface area contributed by atoms with Gasteiger partial charge in [-0.2, -0.15) is 0 Å². The lowest BCUT2D eigenvalue weighted by Gasteiger charge is -2.20. The molecule has 0 aromatic carbocycles. The number of rotatable bonds is 2. The van der Waals surface area contributed by atoms with Gasteiger partial charge in [0.15, 0.2) is 0 Å². The van der Waals surface area contributed by atoms with Gasteiger partial charge in [0.2, 0.25) is 0 Å². The van der Waals surface area contributed by atoms with Gasteiger partial charge in [0.1, 0.15) is 5.01 Å². The van der Waals surface area contributed by atoms with E-state index in [1.54, 1.807) is 11.3 Å². The first-order valence-electron chi connectivity index (χ1n) is 4.92. The van der Waals surface area contributed by atoms with E-state index in [2.05, 4.69) is 51.8 Å². The van der Waals surface area contributed by atoms with Crippen LogP contribution in [0.3, 0.4) is 0 Å². The lowest BCUT2D eigenvalue weighted by molar-refractivity contribution is 0.531. The molecule has 0 spiro atoms. The maximum absolute atomic E-state index is 4.36. The Bertz CT molecular complexity index is 302. The predicted molar refractivity (Wildman–Crippen MR) is 63.7 cm³/mol. The maximum atomic E-state index is 4.36. The minimum atomic E-state index is 0.0570. The molecule has 1 heterocycles. The van der Waals surface area contributed by atoms with Crippen LogP contribution in [-0.4, -0.2) is 4.98 Å². The van der Waals surface area contributed by atoms with Crippen LogP contribution in [0.2, 0.25) is 0 Å². The van der Waals surface area contributed by atoms with Gasteiger partial charge in [0, 0.05) is 17.0 Å². The van der Waals surface area contributed by atoms with Crippen LogP contribution >= 0.6 is 11.3 Å². The van der Waals surface area contributed by atoms with Crippen molar-refractivity contribution in [2.45, 2.75) is 40.0 Å². The van der Waals surface area contributed by atoms with Crippen molar-refractivity contribution in [1.29, 1.82) is 0 Å². The molecule has 0 fully saturated rings. The first-order valence-corrected chi connectivity index (χ1v) is 5.80. The van der Waals surface area contributed by atoms with Crippen molar-refractivity contribution in [1.82, 2.24) is 4.98 Å². The van der Waals surface area contributed by atoms with Crippen molar-refractivity contribution < 1.29 is 0 Å². The number of thiazole rings is 1. The van der Waals surface area contributed by atoms with E-state index in [4.69, 9.17) is 0 Å². The molecule has 0 radical (unpaired) electrons. The Hall–Kier alpha value is -0.630. The highest BCUT2D eigenvalue weighted by Gasteiger charge is 2.20. The third-order valence-electron chi connectivity index (χ3n) is 1.98. The Balaban J connectivity index is 2.83. The van der Waals surface area contributed by atoms with Crippen LogP contribution in [-0.2, 0) is 5.41 Å². The minimum Gasteiger partial charge on any atom is -0.249 e. The molecule has 1 aromatic rings. The Morgan fingerprint density at radius 2 is 1.79 bits per heavy atom. The summed E-state index contributed by atoms with van der Waals surface area (Å²) in [5.41, 5.74) is 0.302. The van der Waals surface area contributed by atoms with Gasteiger partial charge in [-0.1, -0.05) is 32.9 Å². The second-order valence-electron chi connectivity index (χ2n) is 5.26. The average Bonchev–Trinajstić information content (AvgIpc) is 2.52. The highest BCUT2D eigenvalue weighted by atomic mass is 32.1. The summed E-state index contributed by atoms with van der Waals surface area (Å²) in [5, 5.41) is 3.21. The number of hydrogen-bond acceptors (Lipinski definition) is 2. The van der Waals surface area contributed by atoms with Gasteiger partial charge in [0.05, 0.1) is 0 Å². The second-order valence-corrected chi connectivity index (χ2v) is 6.15. The van der Waals surface area contributed by atoms with E-state index in [0.29, 0.717) is 0 Å². The van der Waals surface area contributed by atoms with E-state index in [0.717, 1.165) is 0 Å². The summed E-state index contributed by atoms with van der Waals surface area (Å²) in [5.74, 6) is 0. The predicted octanol–water partition coefficient (Wildman–Crippen LogP) is 4.02. The average molecular weight is 209 g/mol. The molecule has 1 aromatic heterocycles. The molecule has 0 unspecified atom stereocenters. The standard InChI is InChI=1S/C12H19NS/c1-11(2,3)6-7-12(4,5)10-13-8-9-14-10/h6-9H,1-5H3/b7-6+. The fourth-order valence-corrected chi connectivity index (χ4v) is 1.82. The van der Waals surface area contributed by atoms with Crippen LogP contribution in [0.1, 0.15) is 39.6 Å². The van der Waals surface area contributed by atoms with Crippen LogP contribution in [0.4, 0.5) is 0 Å². The molecule has 0 N–H and O–H groups in total. The maximum Gasteiger partial charge on any atom is 0.102 e. The summed E-state index contributed by atoms with van der Waals surface area (Å²) in [6.07, 6.45) is 6.38. The zero-order valence-electron chi connectivity index (χ0n) is 9.66. The first kappa shape index (κ1) is 11.4. The zero-order valence-corrected chi connectivity index (χ0v) is 10.5. The fourth-order valence-electron chi connectivity index (χ4n) is 1.07. The van der Waals surface area contributed by atoms with Gasteiger partial charge < -0.3 is 0 Å². The van der Waals surface area contributed by atoms with Gasteiger partial charge in [-0.05, 0) is 19.3 Å². The number of nitrogens with zero attached hydrogens (tertiary/aromatic N) is 1. The van der Waals surface area contributed by atoms with Crippen molar-refractivity contribution in [2.24, 2.45) is 5.41 Å². The summed E-state index contributed by atoms with van der Waals surface area (Å²) in [6, 6.07) is 0. The molecule has 0 saturated carbocycles. The lowest BCUT2D eigenvalue weighted by atomic mass is 9.88. The molecule has 0 aliphatic carbocycles. The van der Waals surface area contributed by atoms with E-state index >= 15 is 0 Å². The summed E-state index contributed by atoms with van der Waals surface area (Å²) < 4.78 is 0. The largest absolute Gasteiger partial charge is 0.249 e. The Labute approximate surface area is 90.9 Å². The van der Waals surface area contributed by atoms with Gasteiger partial charge in [-0.3, -0.25) is 0 Å². The van der Waals surface area contributed by atoms with Crippen LogP contribution in [0, 0.1) is 5.41 Å². The number of allylic oxidation sites excluding steroid dienone is 2. The van der Waals surface area contributed by atoms with E-state index in [1.165, 1.54) is 5.01 Å². The molecular formula is C12H19NS. The lowest BCUT2D eigenvalue weighted by Crippen LogP contribution is -2.14. The van der Waals surface area contributed by atoms with Crippen molar-refractivity contribution in [3.8, 4) is 0 Å². The molecule has 0 atom stereocenters. The van der Waals surface area contributed by atoms with E-state index in [-0.39, 0.29) is 10.8 Å². The molecule has 0 amide bonds. The molecule has 0 aliphatic rings. The van der Waals surface area contributed by atoms with Crippen molar-refractivity contribution in [2.75, 3.05) is 0 Å². The monoisotopic (exact) mass is 209 g/mol. The molecule has 2 heteroatoms. The van der Waals surface area contributed by atoms with Crippen LogP contribution < -0.4 is 0 Å². The second kappa shape index (κ2) is 3.85. The Kier molecular flexibility index (Phi) is 3.15. The number of aromatic nitrogens is 1. The first-order chi connectivity index (χ1) is 6.31. The molecule has 78 valence electrons. The fraction of sp³-hybridized carbons (Fsp3) is 0.583. The van der Waals surface area contributed by atoms with Crippen molar-refractivity contribution >= 4 is 11.3 Å². The Morgan fingerprint density at radius 3 is 2.21 bits per heavy atom. The van der Waals surface area contributed by atoms with Gasteiger partial charge in [0.25, 0.3) is 0 Å². The topological polar surface area (TPSA) is 12.9 Å². The molecule has 1 nitrogen and oxygen atoms in total. The molecule has 1 rings (SSSR count). The molecule has 0 saturated heterocycles. The van der Waals surface area contributed by atoms with E-state index < -0.39 is 0 Å². The SMILES string of the molecule is CC(C)(C)/C=C/C(C)(C)c1nccs1. The summed E-state index contributed by atoms with van der Waals surface area (Å²) in [6.45, 7) is 11.0. The summed E-state index contributed by atoms with van der Waals surface area (Å²) >= 11 is 1.72. The summed E-state index contributed by atoms with van der Waals surface area (Å²) in [7, 11) is 0. The quantitative estimate of drug-likeness (QED) is 0.670. The molecule has 14 heavy (non-hydrogen) atoms. The third-order valence-corrected chi connectivity index (χ3v) is 3.10. The van der Waals surface area contributed by atoms with Crippen molar-refractivity contribution in [3.05, 3.63) is 28.7 Å².